The van der Waals surface area contributed by atoms with Crippen LogP contribution in [0.1, 0.15) is 43.6 Å². The summed E-state index contributed by atoms with van der Waals surface area (Å²) >= 11 is 6.01. The summed E-state index contributed by atoms with van der Waals surface area (Å²) in [6.07, 6.45) is 0.517. The van der Waals surface area contributed by atoms with Crippen molar-refractivity contribution in [3.63, 3.8) is 0 Å². The molecule has 1 aliphatic heterocycles. The fraction of sp³-hybridized carbons (Fsp3) is 0.125. The third-order valence-corrected chi connectivity index (χ3v) is 7.53. The second-order valence-corrected chi connectivity index (χ2v) is 10.0. The lowest BCUT2D eigenvalue weighted by molar-refractivity contribution is 0.0698. The Labute approximate surface area is 200 Å². The van der Waals surface area contributed by atoms with Crippen molar-refractivity contribution in [3.8, 4) is 0 Å². The number of amides is 1. The highest BCUT2D eigenvalue weighted by molar-refractivity contribution is 7.92. The fourth-order valence-electron chi connectivity index (χ4n) is 3.76. The molecule has 34 heavy (non-hydrogen) atoms. The van der Waals surface area contributed by atoms with Crippen molar-refractivity contribution in [1.29, 1.82) is 0 Å². The molecule has 0 saturated carbocycles. The van der Waals surface area contributed by atoms with Gasteiger partial charge < -0.3 is 10.4 Å². The second-order valence-electron chi connectivity index (χ2n) is 7.70. The molecule has 3 aromatic carbocycles. The van der Waals surface area contributed by atoms with Crippen LogP contribution in [0.25, 0.3) is 0 Å². The number of fused-ring (bicyclic) bond motifs is 1. The van der Waals surface area contributed by atoms with E-state index >= 15 is 0 Å². The van der Waals surface area contributed by atoms with Crippen LogP contribution in [-0.2, 0) is 16.4 Å². The number of hydrogen-bond donors (Lipinski definition) is 2. The summed E-state index contributed by atoms with van der Waals surface area (Å²) in [6, 6.07) is 14.4. The monoisotopic (exact) mass is 498 g/mol. The van der Waals surface area contributed by atoms with Crippen molar-refractivity contribution in [1.82, 2.24) is 0 Å². The third-order valence-electron chi connectivity index (χ3n) is 5.48. The van der Waals surface area contributed by atoms with Gasteiger partial charge >= 0.3 is 5.97 Å². The van der Waals surface area contributed by atoms with E-state index in [2.05, 4.69) is 5.32 Å². The van der Waals surface area contributed by atoms with Gasteiger partial charge in [0.2, 0.25) is 0 Å². The van der Waals surface area contributed by atoms with Gasteiger partial charge in [0, 0.05) is 22.7 Å². The lowest BCUT2D eigenvalue weighted by Crippen LogP contribution is -2.29. The first-order chi connectivity index (χ1) is 16.1. The summed E-state index contributed by atoms with van der Waals surface area (Å²) in [5, 5.41) is 12.5. The van der Waals surface area contributed by atoms with Crippen LogP contribution in [-0.4, -0.2) is 37.7 Å². The molecule has 1 aliphatic rings. The third kappa shape index (κ3) is 4.40. The number of Topliss-reactive ketones (excluding diaryl/α,β-unsaturated/α-hetero) is 1. The summed E-state index contributed by atoms with van der Waals surface area (Å²) in [6.45, 7) is 1.55. The van der Waals surface area contributed by atoms with Crippen molar-refractivity contribution in [2.45, 2.75) is 18.2 Å². The van der Waals surface area contributed by atoms with Crippen LogP contribution < -0.4 is 9.62 Å². The molecule has 1 heterocycles. The van der Waals surface area contributed by atoms with Crippen molar-refractivity contribution < 1.29 is 27.9 Å². The van der Waals surface area contributed by atoms with E-state index in [-0.39, 0.29) is 39.6 Å². The Kier molecular flexibility index (Phi) is 6.16. The largest absolute Gasteiger partial charge is 0.478 e. The minimum absolute atomic E-state index is 0.0129. The molecule has 1 amide bonds. The zero-order valence-corrected chi connectivity index (χ0v) is 19.5. The smallest absolute Gasteiger partial charge is 0.337 e. The van der Waals surface area contributed by atoms with Crippen LogP contribution in [0.2, 0.25) is 5.02 Å². The summed E-state index contributed by atoms with van der Waals surface area (Å²) in [7, 11) is -3.95. The Hall–Kier alpha value is -3.69. The summed E-state index contributed by atoms with van der Waals surface area (Å²) in [5.41, 5.74) is 1.31. The molecule has 0 fully saturated rings. The highest BCUT2D eigenvalue weighted by Crippen LogP contribution is 2.34. The van der Waals surface area contributed by atoms with E-state index in [4.69, 9.17) is 11.6 Å². The number of carboxylic acids is 1. The summed E-state index contributed by atoms with van der Waals surface area (Å²) in [4.78, 5) is 35.9. The Morgan fingerprint density at radius 3 is 2.47 bits per heavy atom. The average Bonchev–Trinajstić information content (AvgIpc) is 3.23. The Bertz CT molecular complexity index is 1450. The number of nitrogens with zero attached hydrogens (tertiary/aromatic N) is 1. The molecule has 0 saturated heterocycles. The molecule has 4 rings (SSSR count). The van der Waals surface area contributed by atoms with Gasteiger partial charge in [0.15, 0.2) is 5.78 Å². The second kappa shape index (κ2) is 8.92. The van der Waals surface area contributed by atoms with Gasteiger partial charge in [-0.3, -0.25) is 13.9 Å². The lowest BCUT2D eigenvalue weighted by Gasteiger charge is -2.20. The van der Waals surface area contributed by atoms with Crippen molar-refractivity contribution in [3.05, 3.63) is 87.9 Å². The van der Waals surface area contributed by atoms with Gasteiger partial charge in [0.25, 0.3) is 15.9 Å². The van der Waals surface area contributed by atoms with Crippen molar-refractivity contribution in [2.24, 2.45) is 0 Å². The fourth-order valence-corrected chi connectivity index (χ4v) is 5.50. The van der Waals surface area contributed by atoms with E-state index in [9.17, 15) is 27.9 Å². The van der Waals surface area contributed by atoms with Crippen LogP contribution in [0, 0.1) is 0 Å². The van der Waals surface area contributed by atoms with Gasteiger partial charge in [-0.1, -0.05) is 17.7 Å². The normalized spacial score (nSPS) is 12.8. The first-order valence-corrected chi connectivity index (χ1v) is 12.0. The van der Waals surface area contributed by atoms with Gasteiger partial charge in [0.1, 0.15) is 0 Å². The topological polar surface area (TPSA) is 121 Å². The summed E-state index contributed by atoms with van der Waals surface area (Å²) < 4.78 is 27.9. The molecule has 174 valence electrons. The Morgan fingerprint density at radius 1 is 1.00 bits per heavy atom. The maximum absolute atomic E-state index is 13.3. The van der Waals surface area contributed by atoms with Crippen LogP contribution in [0.3, 0.4) is 0 Å². The van der Waals surface area contributed by atoms with Crippen molar-refractivity contribution in [2.75, 3.05) is 16.2 Å². The van der Waals surface area contributed by atoms with Gasteiger partial charge in [-0.25, -0.2) is 13.2 Å². The van der Waals surface area contributed by atoms with Gasteiger partial charge in [0.05, 0.1) is 21.8 Å². The van der Waals surface area contributed by atoms with Crippen molar-refractivity contribution >= 4 is 50.7 Å². The average molecular weight is 499 g/mol. The molecule has 10 heteroatoms. The number of ketones is 1. The first kappa shape index (κ1) is 23.5. The molecule has 0 unspecified atom stereocenters. The molecule has 2 N–H and O–H groups in total. The molecule has 3 aromatic rings. The standard InChI is InChI=1S/C24H19ClN2O6S/c1-14(28)15-5-7-21(20(13-15)24(30)31)26-23(29)17-3-2-4-19(12-17)34(32,33)27-10-9-16-11-18(25)6-8-22(16)27/h2-8,11-13H,9-10H2,1H3,(H,26,29)(H,30,31). The first-order valence-electron chi connectivity index (χ1n) is 10.2. The number of aromatic carboxylic acids is 1. The molecule has 0 atom stereocenters. The number of sulfonamides is 1. The number of carbonyl (C=O) groups is 3. The number of rotatable bonds is 6. The number of carboxylic acid groups (broad SMARTS) is 1. The predicted octanol–water partition coefficient (Wildman–Crippen LogP) is 4.24. The number of halogens is 1. The number of benzene rings is 3. The van der Waals surface area contributed by atoms with E-state index in [0.717, 1.165) is 5.56 Å². The molecule has 0 radical (unpaired) electrons. The van der Waals surface area contributed by atoms with Gasteiger partial charge in [-0.05, 0) is 73.5 Å². The molecule has 0 aliphatic carbocycles. The minimum Gasteiger partial charge on any atom is -0.478 e. The van der Waals surface area contributed by atoms with E-state index < -0.39 is 21.9 Å². The van der Waals surface area contributed by atoms with Crippen LogP contribution in [0.5, 0.6) is 0 Å². The zero-order valence-electron chi connectivity index (χ0n) is 17.9. The maximum Gasteiger partial charge on any atom is 0.337 e. The van der Waals surface area contributed by atoms with Gasteiger partial charge in [-0.15, -0.1) is 0 Å². The van der Waals surface area contributed by atoms with E-state index in [0.29, 0.717) is 17.1 Å². The number of carbonyl (C=O) groups excluding carboxylic acids is 2. The molecular weight excluding hydrogens is 480 g/mol. The highest BCUT2D eigenvalue weighted by atomic mass is 35.5. The molecule has 8 nitrogen and oxygen atoms in total. The number of nitrogens with one attached hydrogen (secondary N) is 1. The minimum atomic E-state index is -3.95. The Balaban J connectivity index is 1.63. The number of anilines is 2. The lowest BCUT2D eigenvalue weighted by atomic mass is 10.1. The van der Waals surface area contributed by atoms with Crippen LogP contribution in [0.4, 0.5) is 11.4 Å². The van der Waals surface area contributed by atoms with E-state index in [1.165, 1.54) is 53.7 Å². The zero-order chi connectivity index (χ0) is 24.6. The SMILES string of the molecule is CC(=O)c1ccc(NC(=O)c2cccc(S(=O)(=O)N3CCc4cc(Cl)ccc43)c2)c(C(=O)O)c1. The van der Waals surface area contributed by atoms with E-state index in [1.54, 1.807) is 18.2 Å². The molecule has 0 bridgehead atoms. The molecule has 0 spiro atoms. The van der Waals surface area contributed by atoms with E-state index in [1.807, 2.05) is 0 Å². The van der Waals surface area contributed by atoms with Crippen LogP contribution >= 0.6 is 11.6 Å². The van der Waals surface area contributed by atoms with Gasteiger partial charge in [-0.2, -0.15) is 0 Å². The number of hydrogen-bond acceptors (Lipinski definition) is 5. The highest BCUT2D eigenvalue weighted by Gasteiger charge is 2.31. The molecular formula is C24H19ClN2O6S. The predicted molar refractivity (Wildman–Crippen MR) is 127 cm³/mol. The van der Waals surface area contributed by atoms with Crippen LogP contribution in [0.15, 0.2) is 65.6 Å². The maximum atomic E-state index is 13.3. The Morgan fingerprint density at radius 2 is 1.76 bits per heavy atom. The quantitative estimate of drug-likeness (QED) is 0.490. The molecule has 0 aromatic heterocycles. The summed E-state index contributed by atoms with van der Waals surface area (Å²) in [5.74, 6) is -2.32.